The molecule has 0 aromatic heterocycles. The highest BCUT2D eigenvalue weighted by molar-refractivity contribution is 5.49. The number of aryl methyl sites for hydroxylation is 1. The number of nitrogens with zero attached hydrogens (tertiary/aromatic N) is 2. The maximum atomic E-state index is 10.3. The summed E-state index contributed by atoms with van der Waals surface area (Å²) in [6, 6.07) is 4.01. The van der Waals surface area contributed by atoms with Gasteiger partial charge in [0.1, 0.15) is 5.69 Å². The Kier molecular flexibility index (Phi) is 2.14. The molecule has 0 saturated heterocycles. The molecule has 0 spiro atoms. The molecule has 1 rings (SSSR count). The van der Waals surface area contributed by atoms with E-state index in [9.17, 15) is 15.0 Å². The van der Waals surface area contributed by atoms with E-state index in [1.165, 1.54) is 12.1 Å². The molecule has 12 heavy (non-hydrogen) atoms. The first-order chi connectivity index (χ1) is 5.63. The van der Waals surface area contributed by atoms with Gasteiger partial charge in [-0.25, -0.2) is 0 Å². The molecule has 1 aromatic carbocycles. The summed E-state index contributed by atoms with van der Waals surface area (Å²) in [5.41, 5.74) is 0.630. The van der Waals surface area contributed by atoms with Gasteiger partial charge in [-0.2, -0.15) is 0 Å². The molecule has 0 N–H and O–H groups in total. The Morgan fingerprint density at radius 1 is 1.42 bits per heavy atom. The summed E-state index contributed by atoms with van der Waals surface area (Å²) in [5.74, 6) is 0. The highest BCUT2D eigenvalue weighted by atomic mass is 16.6. The van der Waals surface area contributed by atoms with Gasteiger partial charge in [-0.15, -0.1) is 4.91 Å². The van der Waals surface area contributed by atoms with Gasteiger partial charge >= 0.3 is 0 Å². The van der Waals surface area contributed by atoms with E-state index in [4.69, 9.17) is 0 Å². The molecule has 0 radical (unpaired) electrons. The Balaban J connectivity index is 3.23. The Morgan fingerprint density at radius 2 is 2.08 bits per heavy atom. The van der Waals surface area contributed by atoms with Crippen LogP contribution in [0.5, 0.6) is 0 Å². The quantitative estimate of drug-likeness (QED) is 0.384. The van der Waals surface area contributed by atoms with Crippen molar-refractivity contribution < 1.29 is 4.92 Å². The summed E-state index contributed by atoms with van der Waals surface area (Å²) in [7, 11) is 0. The second-order valence-corrected chi connectivity index (χ2v) is 2.38. The van der Waals surface area contributed by atoms with Crippen LogP contribution in [0.2, 0.25) is 0 Å². The monoisotopic (exact) mass is 166 g/mol. The van der Waals surface area contributed by atoms with Gasteiger partial charge in [0.15, 0.2) is 0 Å². The highest BCUT2D eigenvalue weighted by Crippen LogP contribution is 2.21. The van der Waals surface area contributed by atoms with Gasteiger partial charge in [0.25, 0.3) is 5.69 Å². The summed E-state index contributed by atoms with van der Waals surface area (Å²) in [5, 5.41) is 12.9. The third-order valence-electron chi connectivity index (χ3n) is 1.36. The normalized spacial score (nSPS) is 9.42. The minimum absolute atomic E-state index is 0.0849. The van der Waals surface area contributed by atoms with Crippen molar-refractivity contribution in [3.8, 4) is 0 Å². The molecule has 1 aromatic rings. The van der Waals surface area contributed by atoms with Crippen LogP contribution in [0.3, 0.4) is 0 Å². The first-order valence-electron chi connectivity index (χ1n) is 3.23. The molecule has 5 nitrogen and oxygen atoms in total. The third kappa shape index (κ3) is 1.63. The molecule has 5 heteroatoms. The summed E-state index contributed by atoms with van der Waals surface area (Å²) < 4.78 is 0. The smallest absolute Gasteiger partial charge is 0.258 e. The molecule has 0 saturated carbocycles. The molecule has 0 aliphatic carbocycles. The number of nitro groups is 1. The summed E-state index contributed by atoms with van der Waals surface area (Å²) >= 11 is 0. The van der Waals surface area contributed by atoms with Crippen molar-refractivity contribution in [2.24, 2.45) is 5.18 Å². The van der Waals surface area contributed by atoms with Crippen molar-refractivity contribution in [1.82, 2.24) is 0 Å². The number of hydrogen-bond donors (Lipinski definition) is 0. The summed E-state index contributed by atoms with van der Waals surface area (Å²) in [6.45, 7) is 1.67. The fraction of sp³-hybridized carbons (Fsp3) is 0.143. The van der Waals surface area contributed by atoms with Gasteiger partial charge in [0.05, 0.1) is 4.92 Å². The number of hydrogen-bond acceptors (Lipinski definition) is 4. The zero-order valence-electron chi connectivity index (χ0n) is 6.35. The Bertz CT molecular complexity index is 335. The van der Waals surface area contributed by atoms with E-state index in [-0.39, 0.29) is 11.4 Å². The van der Waals surface area contributed by atoms with Crippen molar-refractivity contribution in [1.29, 1.82) is 0 Å². The first-order valence-corrected chi connectivity index (χ1v) is 3.23. The SMILES string of the molecule is Cc1cc(N=O)cc([N+](=O)[O-])c1. The average molecular weight is 166 g/mol. The molecule has 62 valence electrons. The number of nitroso groups, excluding NO2 is 1. The van der Waals surface area contributed by atoms with E-state index in [2.05, 4.69) is 5.18 Å². The van der Waals surface area contributed by atoms with Crippen LogP contribution in [0.15, 0.2) is 23.4 Å². The molecule has 0 aliphatic heterocycles. The van der Waals surface area contributed by atoms with E-state index in [1.807, 2.05) is 0 Å². The highest BCUT2D eigenvalue weighted by Gasteiger charge is 2.07. The Labute approximate surface area is 68.1 Å². The molecule has 0 atom stereocenters. The predicted octanol–water partition coefficient (Wildman–Crippen LogP) is 2.30. The van der Waals surface area contributed by atoms with Crippen LogP contribution in [-0.2, 0) is 0 Å². The van der Waals surface area contributed by atoms with Gasteiger partial charge in [0.2, 0.25) is 0 Å². The molecule has 0 aliphatic rings. The molecule has 0 bridgehead atoms. The van der Waals surface area contributed by atoms with Crippen LogP contribution in [0.4, 0.5) is 11.4 Å². The largest absolute Gasteiger partial charge is 0.271 e. The molecule has 0 fully saturated rings. The lowest BCUT2D eigenvalue weighted by molar-refractivity contribution is -0.384. The average Bonchev–Trinajstić information content (AvgIpc) is 2.03. The maximum Gasteiger partial charge on any atom is 0.271 e. The van der Waals surface area contributed by atoms with Crippen molar-refractivity contribution in [2.45, 2.75) is 6.92 Å². The number of rotatable bonds is 2. The molecular formula is C7H6N2O3. The lowest BCUT2D eigenvalue weighted by atomic mass is 10.2. The number of benzene rings is 1. The fourth-order valence-electron chi connectivity index (χ4n) is 0.901. The van der Waals surface area contributed by atoms with E-state index in [0.29, 0.717) is 5.56 Å². The van der Waals surface area contributed by atoms with Crippen molar-refractivity contribution in [2.75, 3.05) is 0 Å². The van der Waals surface area contributed by atoms with Crippen LogP contribution in [0.1, 0.15) is 5.56 Å². The molecule has 0 unspecified atom stereocenters. The number of non-ortho nitro benzene ring substituents is 1. The Hall–Kier alpha value is -1.78. The molecule has 0 amide bonds. The Morgan fingerprint density at radius 3 is 2.58 bits per heavy atom. The molecule has 0 heterocycles. The maximum absolute atomic E-state index is 10.3. The molecular weight excluding hydrogens is 160 g/mol. The minimum Gasteiger partial charge on any atom is -0.258 e. The summed E-state index contributed by atoms with van der Waals surface area (Å²) in [6.07, 6.45) is 0. The van der Waals surface area contributed by atoms with Crippen LogP contribution in [0, 0.1) is 21.9 Å². The van der Waals surface area contributed by atoms with Crippen LogP contribution in [-0.4, -0.2) is 4.92 Å². The van der Waals surface area contributed by atoms with E-state index < -0.39 is 4.92 Å². The minimum atomic E-state index is -0.554. The van der Waals surface area contributed by atoms with Crippen LogP contribution < -0.4 is 0 Å². The van der Waals surface area contributed by atoms with Gasteiger partial charge < -0.3 is 0 Å². The predicted molar refractivity (Wildman–Crippen MR) is 43.3 cm³/mol. The fourth-order valence-corrected chi connectivity index (χ4v) is 0.901. The second-order valence-electron chi connectivity index (χ2n) is 2.38. The van der Waals surface area contributed by atoms with Gasteiger partial charge in [-0.05, 0) is 23.7 Å². The summed E-state index contributed by atoms with van der Waals surface area (Å²) in [4.78, 5) is 19.8. The van der Waals surface area contributed by atoms with Crippen molar-refractivity contribution in [3.63, 3.8) is 0 Å². The van der Waals surface area contributed by atoms with Crippen LogP contribution >= 0.6 is 0 Å². The van der Waals surface area contributed by atoms with Crippen LogP contribution in [0.25, 0.3) is 0 Å². The standard InChI is InChI=1S/C7H6N2O3/c1-5-2-6(8-10)4-7(3-5)9(11)12/h2-4H,1H3. The van der Waals surface area contributed by atoms with Gasteiger partial charge in [-0.3, -0.25) is 10.1 Å². The third-order valence-corrected chi connectivity index (χ3v) is 1.36. The van der Waals surface area contributed by atoms with E-state index >= 15 is 0 Å². The lowest BCUT2D eigenvalue weighted by Crippen LogP contribution is -1.87. The lowest BCUT2D eigenvalue weighted by Gasteiger charge is -1.94. The van der Waals surface area contributed by atoms with Gasteiger partial charge in [0, 0.05) is 12.1 Å². The zero-order chi connectivity index (χ0) is 9.14. The number of nitro benzene ring substituents is 1. The van der Waals surface area contributed by atoms with E-state index in [1.54, 1.807) is 6.92 Å². The van der Waals surface area contributed by atoms with Gasteiger partial charge in [-0.1, -0.05) is 0 Å². The zero-order valence-corrected chi connectivity index (χ0v) is 6.35. The topological polar surface area (TPSA) is 72.6 Å². The van der Waals surface area contributed by atoms with Crippen molar-refractivity contribution in [3.05, 3.63) is 38.8 Å². The first kappa shape index (κ1) is 8.32. The van der Waals surface area contributed by atoms with E-state index in [0.717, 1.165) is 6.07 Å². The van der Waals surface area contributed by atoms with Crippen molar-refractivity contribution >= 4 is 11.4 Å². The second kappa shape index (κ2) is 3.08.